The summed E-state index contributed by atoms with van der Waals surface area (Å²) >= 11 is 0. The summed E-state index contributed by atoms with van der Waals surface area (Å²) in [4.78, 5) is 11.6. The molecule has 0 saturated carbocycles. The molecule has 6 heteroatoms. The number of amides is 1. The zero-order chi connectivity index (χ0) is 16.6. The molecule has 1 N–H and O–H groups in total. The first-order chi connectivity index (χ1) is 10.3. The molecule has 0 atom stereocenters. The third-order valence-electron chi connectivity index (χ3n) is 3.22. The second-order valence-electron chi connectivity index (χ2n) is 5.72. The zero-order valence-electron chi connectivity index (χ0n) is 13.6. The molecule has 0 saturated heterocycles. The Kier molecular flexibility index (Phi) is 7.55. The van der Waals surface area contributed by atoms with Crippen molar-refractivity contribution in [2.24, 2.45) is 0 Å². The number of hydrogen-bond donors (Lipinski definition) is 1. The van der Waals surface area contributed by atoms with Crippen LogP contribution in [-0.4, -0.2) is 44.0 Å². The molecule has 1 aromatic carbocycles. The fourth-order valence-corrected chi connectivity index (χ4v) is 3.05. The third-order valence-corrected chi connectivity index (χ3v) is 4.53. The fourth-order valence-electron chi connectivity index (χ4n) is 2.17. The van der Waals surface area contributed by atoms with Crippen molar-refractivity contribution in [3.05, 3.63) is 35.9 Å². The van der Waals surface area contributed by atoms with E-state index in [-0.39, 0.29) is 24.9 Å². The Labute approximate surface area is 133 Å². The standard InChI is InChI=1S/C16H26N2O3S/c1-14(2)17-16(19)11-13-18(22(3,20)21)12-7-10-15-8-5-4-6-9-15/h4-6,8-9,14H,7,10-13H2,1-3H3,(H,17,19). The molecule has 124 valence electrons. The number of rotatable bonds is 9. The molecule has 5 nitrogen and oxygen atoms in total. The van der Waals surface area contributed by atoms with Gasteiger partial charge in [0.2, 0.25) is 15.9 Å². The van der Waals surface area contributed by atoms with E-state index in [2.05, 4.69) is 5.32 Å². The SMILES string of the molecule is CC(C)NC(=O)CCN(CCCc1ccccc1)S(C)(=O)=O. The van der Waals surface area contributed by atoms with Gasteiger partial charge in [0.1, 0.15) is 0 Å². The van der Waals surface area contributed by atoms with Gasteiger partial charge in [-0.3, -0.25) is 4.79 Å². The number of benzene rings is 1. The second kappa shape index (κ2) is 8.90. The minimum Gasteiger partial charge on any atom is -0.354 e. The van der Waals surface area contributed by atoms with E-state index >= 15 is 0 Å². The van der Waals surface area contributed by atoms with Crippen LogP contribution in [0.5, 0.6) is 0 Å². The van der Waals surface area contributed by atoms with Gasteiger partial charge in [-0.2, -0.15) is 0 Å². The van der Waals surface area contributed by atoms with Crippen LogP contribution in [0.3, 0.4) is 0 Å². The molecule has 0 aliphatic carbocycles. The average molecular weight is 326 g/mol. The van der Waals surface area contributed by atoms with Crippen LogP contribution in [0.1, 0.15) is 32.3 Å². The molecule has 0 aliphatic rings. The lowest BCUT2D eigenvalue weighted by Gasteiger charge is -2.20. The number of hydrogen-bond acceptors (Lipinski definition) is 3. The maximum Gasteiger partial charge on any atom is 0.221 e. The average Bonchev–Trinajstić information content (AvgIpc) is 2.41. The van der Waals surface area contributed by atoms with Crippen molar-refractivity contribution in [3.8, 4) is 0 Å². The van der Waals surface area contributed by atoms with Crippen LogP contribution in [-0.2, 0) is 21.2 Å². The van der Waals surface area contributed by atoms with Gasteiger partial charge >= 0.3 is 0 Å². The van der Waals surface area contributed by atoms with Gasteiger partial charge in [0, 0.05) is 25.6 Å². The lowest BCUT2D eigenvalue weighted by atomic mass is 10.1. The van der Waals surface area contributed by atoms with E-state index in [1.807, 2.05) is 44.2 Å². The van der Waals surface area contributed by atoms with E-state index in [0.717, 1.165) is 12.8 Å². The van der Waals surface area contributed by atoms with Crippen molar-refractivity contribution in [3.63, 3.8) is 0 Å². The molecular formula is C16H26N2O3S. The highest BCUT2D eigenvalue weighted by Gasteiger charge is 2.17. The van der Waals surface area contributed by atoms with Crippen molar-refractivity contribution >= 4 is 15.9 Å². The Morgan fingerprint density at radius 2 is 1.82 bits per heavy atom. The second-order valence-corrected chi connectivity index (χ2v) is 7.71. The fraction of sp³-hybridized carbons (Fsp3) is 0.562. The van der Waals surface area contributed by atoms with Crippen LogP contribution < -0.4 is 5.32 Å². The molecule has 1 rings (SSSR count). The van der Waals surface area contributed by atoms with E-state index in [4.69, 9.17) is 0 Å². The van der Waals surface area contributed by atoms with Gasteiger partial charge in [-0.15, -0.1) is 0 Å². The van der Waals surface area contributed by atoms with Crippen molar-refractivity contribution in [2.75, 3.05) is 19.3 Å². The van der Waals surface area contributed by atoms with E-state index < -0.39 is 10.0 Å². The molecule has 0 heterocycles. The van der Waals surface area contributed by atoms with Gasteiger partial charge in [0.25, 0.3) is 0 Å². The lowest BCUT2D eigenvalue weighted by molar-refractivity contribution is -0.121. The van der Waals surface area contributed by atoms with Gasteiger partial charge in [0.15, 0.2) is 0 Å². The number of carbonyl (C=O) groups excluding carboxylic acids is 1. The van der Waals surface area contributed by atoms with Gasteiger partial charge in [-0.25, -0.2) is 12.7 Å². The van der Waals surface area contributed by atoms with Crippen LogP contribution in [0.2, 0.25) is 0 Å². The monoisotopic (exact) mass is 326 g/mol. The van der Waals surface area contributed by atoms with Crippen LogP contribution in [0.4, 0.5) is 0 Å². The highest BCUT2D eigenvalue weighted by Crippen LogP contribution is 2.07. The van der Waals surface area contributed by atoms with Crippen molar-refractivity contribution in [1.29, 1.82) is 0 Å². The van der Waals surface area contributed by atoms with Gasteiger partial charge in [-0.1, -0.05) is 30.3 Å². The zero-order valence-corrected chi connectivity index (χ0v) is 14.4. The van der Waals surface area contributed by atoms with Crippen molar-refractivity contribution < 1.29 is 13.2 Å². The number of sulfonamides is 1. The molecule has 0 bridgehead atoms. The van der Waals surface area contributed by atoms with E-state index in [9.17, 15) is 13.2 Å². The molecule has 1 amide bonds. The van der Waals surface area contributed by atoms with Gasteiger partial charge in [0.05, 0.1) is 6.26 Å². The smallest absolute Gasteiger partial charge is 0.221 e. The first-order valence-corrected chi connectivity index (χ1v) is 9.42. The Morgan fingerprint density at radius 3 is 2.36 bits per heavy atom. The summed E-state index contributed by atoms with van der Waals surface area (Å²) in [5.74, 6) is -0.119. The minimum absolute atomic E-state index is 0.0669. The molecule has 0 fully saturated rings. The molecule has 0 radical (unpaired) electrons. The maximum absolute atomic E-state index is 11.8. The molecule has 0 aliphatic heterocycles. The van der Waals surface area contributed by atoms with Crippen LogP contribution in [0.15, 0.2) is 30.3 Å². The topological polar surface area (TPSA) is 66.5 Å². The van der Waals surface area contributed by atoms with Crippen molar-refractivity contribution in [2.45, 2.75) is 39.2 Å². The third kappa shape index (κ3) is 7.56. The highest BCUT2D eigenvalue weighted by atomic mass is 32.2. The predicted molar refractivity (Wildman–Crippen MR) is 89.1 cm³/mol. The molecule has 0 aromatic heterocycles. The summed E-state index contributed by atoms with van der Waals surface area (Å²) < 4.78 is 25.0. The van der Waals surface area contributed by atoms with E-state index in [1.165, 1.54) is 16.1 Å². The quantitative estimate of drug-likeness (QED) is 0.752. The summed E-state index contributed by atoms with van der Waals surface area (Å²) in [5.41, 5.74) is 1.19. The first kappa shape index (κ1) is 18.6. The summed E-state index contributed by atoms with van der Waals surface area (Å²) in [5, 5.41) is 2.77. The van der Waals surface area contributed by atoms with Crippen LogP contribution in [0, 0.1) is 0 Å². The van der Waals surface area contributed by atoms with E-state index in [0.29, 0.717) is 6.54 Å². The Morgan fingerprint density at radius 1 is 1.18 bits per heavy atom. The largest absolute Gasteiger partial charge is 0.354 e. The summed E-state index contributed by atoms with van der Waals surface area (Å²) in [6.07, 6.45) is 2.94. The number of nitrogens with one attached hydrogen (secondary N) is 1. The molecule has 0 unspecified atom stereocenters. The summed E-state index contributed by atoms with van der Waals surface area (Å²) in [7, 11) is -3.29. The predicted octanol–water partition coefficient (Wildman–Crippen LogP) is 1.80. The molecule has 22 heavy (non-hydrogen) atoms. The highest BCUT2D eigenvalue weighted by molar-refractivity contribution is 7.88. The molecular weight excluding hydrogens is 300 g/mol. The number of aryl methyl sites for hydroxylation is 1. The Hall–Kier alpha value is -1.40. The Balaban J connectivity index is 2.46. The Bertz CT molecular complexity index is 556. The van der Waals surface area contributed by atoms with E-state index in [1.54, 1.807) is 0 Å². The first-order valence-electron chi connectivity index (χ1n) is 7.57. The molecule has 0 spiro atoms. The number of nitrogens with zero attached hydrogens (tertiary/aromatic N) is 1. The van der Waals surface area contributed by atoms with Crippen molar-refractivity contribution in [1.82, 2.24) is 9.62 Å². The maximum atomic E-state index is 11.8. The van der Waals surface area contributed by atoms with Crippen LogP contribution in [0.25, 0.3) is 0 Å². The lowest BCUT2D eigenvalue weighted by Crippen LogP contribution is -2.37. The van der Waals surface area contributed by atoms with Crippen LogP contribution >= 0.6 is 0 Å². The normalized spacial score (nSPS) is 11.9. The van der Waals surface area contributed by atoms with Gasteiger partial charge in [-0.05, 0) is 32.3 Å². The minimum atomic E-state index is -3.29. The number of carbonyl (C=O) groups is 1. The van der Waals surface area contributed by atoms with Gasteiger partial charge < -0.3 is 5.32 Å². The molecule has 1 aromatic rings. The summed E-state index contributed by atoms with van der Waals surface area (Å²) in [6.45, 7) is 4.42. The summed E-state index contributed by atoms with van der Waals surface area (Å²) in [6, 6.07) is 10.0.